The number of ether oxygens (including phenoxy) is 6. The van der Waals surface area contributed by atoms with Gasteiger partial charge >= 0.3 is 5.97 Å². The van der Waals surface area contributed by atoms with Crippen molar-refractivity contribution in [1.29, 1.82) is 0 Å². The van der Waals surface area contributed by atoms with E-state index >= 15 is 0 Å². The second kappa shape index (κ2) is 9.63. The van der Waals surface area contributed by atoms with Crippen LogP contribution >= 0.6 is 0 Å². The fourth-order valence-electron chi connectivity index (χ4n) is 13.8. The van der Waals surface area contributed by atoms with Crippen molar-refractivity contribution in [3.8, 4) is 0 Å². The Balaban J connectivity index is 1.06. The van der Waals surface area contributed by atoms with E-state index in [1.54, 1.807) is 0 Å². The molecule has 4 saturated carbocycles. The number of epoxide rings is 1. The van der Waals surface area contributed by atoms with E-state index in [4.69, 9.17) is 28.4 Å². The number of hydrogen-bond acceptors (Lipinski definition) is 11. The molecule has 11 nitrogen and oxygen atoms in total. The molecule has 11 heteroatoms. The Morgan fingerprint density at radius 1 is 0.958 bits per heavy atom. The first kappa shape index (κ1) is 32.7. The minimum absolute atomic E-state index is 0.0364. The first-order valence-electron chi connectivity index (χ1n) is 18.3. The van der Waals surface area contributed by atoms with E-state index in [0.717, 1.165) is 38.5 Å². The van der Waals surface area contributed by atoms with Crippen molar-refractivity contribution in [2.75, 3.05) is 6.61 Å². The molecule has 18 atom stereocenters. The lowest BCUT2D eigenvalue weighted by Gasteiger charge is -2.62. The van der Waals surface area contributed by atoms with Gasteiger partial charge in [0, 0.05) is 29.6 Å². The Hall–Kier alpha value is -1.15. The van der Waals surface area contributed by atoms with Crippen molar-refractivity contribution in [1.82, 2.24) is 0 Å². The van der Waals surface area contributed by atoms with Crippen LogP contribution in [0.1, 0.15) is 93.4 Å². The molecule has 0 bridgehead atoms. The standard InChI is InChI=1S/C37H54O11/c1-17-12-37(29-34(7,47-29)30(42)48-37)46-20-13-32(5)22-9-8-21-31(3,4)23(45-28-27(41)26(40)19(39)15-43-28)10-11-35(21)16-36(22,35)14-24(44-18(2)38)33(32,6)25(17)20/h9,17,19-21,23-30,39-42H,8,10-16H2,1-7H3/t17-,19-,20+,21+,23+,24-,25+,26?,27?,28+,29?,30?,32+,33-,34?,35-,36?,37?/m1/s1. The van der Waals surface area contributed by atoms with Gasteiger partial charge in [0.25, 0.3) is 0 Å². The van der Waals surface area contributed by atoms with Gasteiger partial charge in [0.1, 0.15) is 36.1 Å². The summed E-state index contributed by atoms with van der Waals surface area (Å²) in [6.07, 6.45) is 1.68. The number of carbonyl (C=O) groups excluding carboxylic acids is 1. The molecule has 9 aliphatic rings. The van der Waals surface area contributed by atoms with Crippen LogP contribution in [-0.4, -0.2) is 99.7 Å². The van der Waals surface area contributed by atoms with E-state index < -0.39 is 42.3 Å². The monoisotopic (exact) mass is 674 g/mol. The minimum Gasteiger partial charge on any atom is -0.462 e. The topological polar surface area (TPSA) is 157 Å². The number of rotatable bonds is 3. The summed E-state index contributed by atoms with van der Waals surface area (Å²) in [5.41, 5.74) is -0.191. The van der Waals surface area contributed by atoms with Crippen molar-refractivity contribution in [3.05, 3.63) is 11.6 Å². The first-order chi connectivity index (χ1) is 22.4. The molecule has 4 aliphatic heterocycles. The maximum Gasteiger partial charge on any atom is 0.302 e. The maximum absolute atomic E-state index is 12.9. The highest BCUT2D eigenvalue weighted by atomic mass is 16.8. The molecule has 0 aromatic carbocycles. The van der Waals surface area contributed by atoms with Gasteiger partial charge in [-0.3, -0.25) is 4.79 Å². The van der Waals surface area contributed by atoms with E-state index in [1.165, 1.54) is 12.5 Å². The lowest BCUT2D eigenvalue weighted by atomic mass is 9.44. The van der Waals surface area contributed by atoms with Crippen molar-refractivity contribution in [2.24, 2.45) is 44.8 Å². The number of allylic oxidation sites excluding steroid dienone is 2. The van der Waals surface area contributed by atoms with E-state index in [-0.39, 0.29) is 75.9 Å². The maximum atomic E-state index is 12.9. The molecule has 0 amide bonds. The summed E-state index contributed by atoms with van der Waals surface area (Å²) >= 11 is 0. The number of esters is 1. The summed E-state index contributed by atoms with van der Waals surface area (Å²) in [7, 11) is 0. The fourth-order valence-corrected chi connectivity index (χ4v) is 13.8. The number of aliphatic hydroxyl groups excluding tert-OH is 4. The van der Waals surface area contributed by atoms with E-state index in [2.05, 4.69) is 40.7 Å². The SMILES string of the molecule is CC(=O)O[C@@H]1CC23C[C@@]24CC[C@H](O[C@@H]2OC[C@@H](O)C(O)C2O)C(C)(C)[C@@H]4CC=C3[C@]2(C)C[C@@H]3OC4(C[C@@H](C)[C@@H]3[C@@]12C)OC(O)C1(C)OC41. The number of hydrogen-bond donors (Lipinski definition) is 4. The van der Waals surface area contributed by atoms with Crippen molar-refractivity contribution < 1.29 is 53.6 Å². The summed E-state index contributed by atoms with van der Waals surface area (Å²) < 4.78 is 37.8. The first-order valence-corrected chi connectivity index (χ1v) is 18.3. The largest absolute Gasteiger partial charge is 0.462 e. The van der Waals surface area contributed by atoms with Gasteiger partial charge in [-0.25, -0.2) is 0 Å². The number of aliphatic hydroxyl groups is 4. The van der Waals surface area contributed by atoms with Crippen LogP contribution in [0.5, 0.6) is 0 Å². The molecule has 9 rings (SSSR count). The van der Waals surface area contributed by atoms with Crippen LogP contribution in [0.2, 0.25) is 0 Å². The molecular weight excluding hydrogens is 620 g/mol. The molecule has 7 unspecified atom stereocenters. The molecule has 3 spiro atoms. The normalized spacial score (nSPS) is 61.6. The number of carbonyl (C=O) groups is 1. The highest BCUT2D eigenvalue weighted by Crippen LogP contribution is 2.88. The van der Waals surface area contributed by atoms with Gasteiger partial charge < -0.3 is 48.8 Å². The fraction of sp³-hybridized carbons (Fsp3) is 0.919. The quantitative estimate of drug-likeness (QED) is 0.198. The minimum atomic E-state index is -1.32. The van der Waals surface area contributed by atoms with Crippen LogP contribution < -0.4 is 0 Å². The predicted octanol–water partition coefficient (Wildman–Crippen LogP) is 2.95. The van der Waals surface area contributed by atoms with Crippen molar-refractivity contribution >= 4 is 5.97 Å². The summed E-state index contributed by atoms with van der Waals surface area (Å²) in [4.78, 5) is 12.9. The zero-order chi connectivity index (χ0) is 34.2. The molecule has 4 N–H and O–H groups in total. The molecule has 4 heterocycles. The second-order valence-corrected chi connectivity index (χ2v) is 18.5. The van der Waals surface area contributed by atoms with Gasteiger partial charge in [0.05, 0.1) is 18.8 Å². The van der Waals surface area contributed by atoms with Gasteiger partial charge in [-0.15, -0.1) is 0 Å². The third-order valence-electron chi connectivity index (χ3n) is 16.1. The molecule has 5 aliphatic carbocycles. The average Bonchev–Trinajstić information content (AvgIpc) is 3.84. The summed E-state index contributed by atoms with van der Waals surface area (Å²) in [6, 6.07) is 0. The molecule has 8 fully saturated rings. The Kier molecular flexibility index (Phi) is 6.57. The van der Waals surface area contributed by atoms with Gasteiger partial charge in [0.15, 0.2) is 12.6 Å². The Bertz CT molecular complexity index is 1450. The molecule has 0 aromatic heterocycles. The van der Waals surface area contributed by atoms with Gasteiger partial charge in [-0.05, 0) is 74.0 Å². The highest BCUT2D eigenvalue weighted by Gasteiger charge is 2.85. The molecule has 4 saturated heterocycles. The van der Waals surface area contributed by atoms with Crippen LogP contribution in [0.15, 0.2) is 11.6 Å². The predicted molar refractivity (Wildman–Crippen MR) is 168 cm³/mol. The molecule has 48 heavy (non-hydrogen) atoms. The molecular formula is C37H54O11. The van der Waals surface area contributed by atoms with Crippen LogP contribution in [-0.2, 0) is 33.2 Å². The molecule has 0 radical (unpaired) electrons. The second-order valence-electron chi connectivity index (χ2n) is 18.5. The van der Waals surface area contributed by atoms with Crippen LogP contribution in [0.4, 0.5) is 0 Å². The smallest absolute Gasteiger partial charge is 0.302 e. The lowest BCUT2D eigenvalue weighted by Crippen LogP contribution is -2.61. The van der Waals surface area contributed by atoms with Crippen molar-refractivity contribution in [3.63, 3.8) is 0 Å². The van der Waals surface area contributed by atoms with E-state index in [1.807, 2.05) is 6.92 Å². The average molecular weight is 675 g/mol. The van der Waals surface area contributed by atoms with E-state index in [9.17, 15) is 25.2 Å². The Morgan fingerprint density at radius 2 is 1.71 bits per heavy atom. The number of fused-ring (bicyclic) bond motifs is 6. The van der Waals surface area contributed by atoms with Crippen LogP contribution in [0, 0.1) is 44.8 Å². The lowest BCUT2D eigenvalue weighted by molar-refractivity contribution is -0.345. The Labute approximate surface area is 282 Å². The van der Waals surface area contributed by atoms with Gasteiger partial charge in [0.2, 0.25) is 5.79 Å². The van der Waals surface area contributed by atoms with Gasteiger partial charge in [-0.1, -0.05) is 46.3 Å². The van der Waals surface area contributed by atoms with Crippen LogP contribution in [0.3, 0.4) is 0 Å². The van der Waals surface area contributed by atoms with Gasteiger partial charge in [-0.2, -0.15) is 0 Å². The van der Waals surface area contributed by atoms with Crippen molar-refractivity contribution in [2.45, 2.75) is 160 Å². The third-order valence-corrected chi connectivity index (χ3v) is 16.1. The zero-order valence-corrected chi connectivity index (χ0v) is 29.3. The highest BCUT2D eigenvalue weighted by molar-refractivity contribution is 5.66. The molecule has 268 valence electrons. The summed E-state index contributed by atoms with van der Waals surface area (Å²) in [6.45, 7) is 14.9. The summed E-state index contributed by atoms with van der Waals surface area (Å²) in [5, 5.41) is 41.7. The van der Waals surface area contributed by atoms with Crippen LogP contribution in [0.25, 0.3) is 0 Å². The third kappa shape index (κ3) is 3.69. The van der Waals surface area contributed by atoms with E-state index in [0.29, 0.717) is 12.3 Å². The molecule has 0 aromatic rings. The summed E-state index contributed by atoms with van der Waals surface area (Å²) in [5.74, 6) is -0.600. The Morgan fingerprint density at radius 3 is 2.38 bits per heavy atom. The zero-order valence-electron chi connectivity index (χ0n) is 29.3.